The van der Waals surface area contributed by atoms with E-state index >= 15 is 0 Å². The van der Waals surface area contributed by atoms with Gasteiger partial charge in [-0.25, -0.2) is 0 Å². The number of hydrazine groups is 1. The summed E-state index contributed by atoms with van der Waals surface area (Å²) in [5.41, 5.74) is 10.4. The lowest BCUT2D eigenvalue weighted by atomic mass is 10.2. The molecule has 0 amide bonds. The molecule has 0 saturated heterocycles. The van der Waals surface area contributed by atoms with E-state index in [1.54, 1.807) is 6.20 Å². The molecular weight excluding hydrogens is 164 g/mol. The minimum atomic E-state index is 0.557. The lowest BCUT2D eigenvalue weighted by molar-refractivity contribution is 1.34. The van der Waals surface area contributed by atoms with Crippen molar-refractivity contribution in [3.05, 3.63) is 30.5 Å². The number of nitrogens with two attached hydrogens (primary N) is 2. The average molecular weight is 174 g/mol. The van der Waals surface area contributed by atoms with Crippen molar-refractivity contribution in [2.75, 3.05) is 11.2 Å². The van der Waals surface area contributed by atoms with Gasteiger partial charge in [-0.1, -0.05) is 18.2 Å². The third kappa shape index (κ3) is 1.17. The molecule has 0 radical (unpaired) electrons. The maximum atomic E-state index is 5.69. The summed E-state index contributed by atoms with van der Waals surface area (Å²) in [5, 5.41) is 0.935. The highest BCUT2D eigenvalue weighted by Gasteiger charge is 2.03. The second kappa shape index (κ2) is 2.91. The van der Waals surface area contributed by atoms with Gasteiger partial charge in [0.25, 0.3) is 0 Å². The summed E-state index contributed by atoms with van der Waals surface area (Å²) in [7, 11) is 0. The maximum absolute atomic E-state index is 5.69. The summed E-state index contributed by atoms with van der Waals surface area (Å²) in [5.74, 6) is 5.36. The van der Waals surface area contributed by atoms with Crippen LogP contribution >= 0.6 is 0 Å². The third-order valence-electron chi connectivity index (χ3n) is 1.95. The first-order valence-corrected chi connectivity index (χ1v) is 3.93. The molecule has 1 heterocycles. The Labute approximate surface area is 75.5 Å². The van der Waals surface area contributed by atoms with Gasteiger partial charge >= 0.3 is 0 Å². The molecule has 0 aliphatic rings. The number of nitrogens with zero attached hydrogens (tertiary/aromatic N) is 1. The molecule has 0 saturated carbocycles. The van der Waals surface area contributed by atoms with Crippen LogP contribution in [0.2, 0.25) is 0 Å². The number of aromatic nitrogens is 1. The Hall–Kier alpha value is -1.81. The molecule has 0 bridgehead atoms. The second-order valence-electron chi connectivity index (χ2n) is 2.75. The van der Waals surface area contributed by atoms with Crippen molar-refractivity contribution in [3.63, 3.8) is 0 Å². The predicted octanol–water partition coefficient (Wildman–Crippen LogP) is 1.10. The molecule has 0 spiro atoms. The van der Waals surface area contributed by atoms with E-state index in [9.17, 15) is 0 Å². The van der Waals surface area contributed by atoms with E-state index in [-0.39, 0.29) is 0 Å². The van der Waals surface area contributed by atoms with Crippen LogP contribution in [0.3, 0.4) is 0 Å². The minimum absolute atomic E-state index is 0.557. The zero-order valence-corrected chi connectivity index (χ0v) is 6.99. The number of pyridine rings is 1. The van der Waals surface area contributed by atoms with Crippen LogP contribution in [0.5, 0.6) is 0 Å². The van der Waals surface area contributed by atoms with Crippen molar-refractivity contribution in [1.29, 1.82) is 0 Å². The zero-order valence-electron chi connectivity index (χ0n) is 6.99. The molecule has 5 N–H and O–H groups in total. The van der Waals surface area contributed by atoms with Gasteiger partial charge in [0.15, 0.2) is 0 Å². The van der Waals surface area contributed by atoms with E-state index in [1.807, 2.05) is 24.3 Å². The minimum Gasteiger partial charge on any atom is -0.396 e. The SMILES string of the molecule is NNc1c(N)cnc2ccccc12. The normalized spacial score (nSPS) is 10.2. The lowest BCUT2D eigenvalue weighted by Crippen LogP contribution is -2.09. The summed E-state index contributed by atoms with van der Waals surface area (Å²) >= 11 is 0. The van der Waals surface area contributed by atoms with E-state index in [1.165, 1.54) is 0 Å². The van der Waals surface area contributed by atoms with Gasteiger partial charge in [-0.3, -0.25) is 10.8 Å². The van der Waals surface area contributed by atoms with E-state index < -0.39 is 0 Å². The Morgan fingerprint density at radius 2 is 2.00 bits per heavy atom. The van der Waals surface area contributed by atoms with Crippen molar-refractivity contribution in [2.45, 2.75) is 0 Å². The molecule has 0 unspecified atom stereocenters. The molecular formula is C9H10N4. The van der Waals surface area contributed by atoms with Crippen LogP contribution in [-0.4, -0.2) is 4.98 Å². The fraction of sp³-hybridized carbons (Fsp3) is 0. The number of fused-ring (bicyclic) bond motifs is 1. The van der Waals surface area contributed by atoms with Gasteiger partial charge in [-0.2, -0.15) is 0 Å². The van der Waals surface area contributed by atoms with Crippen molar-refractivity contribution in [2.24, 2.45) is 5.84 Å². The van der Waals surface area contributed by atoms with Crippen LogP contribution in [0, 0.1) is 0 Å². The molecule has 0 aliphatic carbocycles. The number of nitrogens with one attached hydrogen (secondary N) is 1. The Morgan fingerprint density at radius 3 is 2.77 bits per heavy atom. The van der Waals surface area contributed by atoms with Gasteiger partial charge in [-0.15, -0.1) is 0 Å². The number of para-hydroxylation sites is 1. The van der Waals surface area contributed by atoms with E-state index in [4.69, 9.17) is 11.6 Å². The fourth-order valence-electron chi connectivity index (χ4n) is 1.32. The van der Waals surface area contributed by atoms with Gasteiger partial charge in [0.1, 0.15) is 0 Å². The van der Waals surface area contributed by atoms with E-state index in [2.05, 4.69) is 10.4 Å². The molecule has 66 valence electrons. The Kier molecular flexibility index (Phi) is 1.75. The first-order chi connectivity index (χ1) is 6.33. The van der Waals surface area contributed by atoms with Crippen LogP contribution in [-0.2, 0) is 0 Å². The molecule has 4 heteroatoms. The summed E-state index contributed by atoms with van der Waals surface area (Å²) in [6.07, 6.45) is 1.59. The maximum Gasteiger partial charge on any atom is 0.0827 e. The monoisotopic (exact) mass is 174 g/mol. The van der Waals surface area contributed by atoms with Crippen molar-refractivity contribution in [1.82, 2.24) is 4.98 Å². The highest BCUT2D eigenvalue weighted by Crippen LogP contribution is 2.25. The van der Waals surface area contributed by atoms with Crippen molar-refractivity contribution >= 4 is 22.3 Å². The average Bonchev–Trinajstić information content (AvgIpc) is 2.18. The number of nitrogen functional groups attached to an aromatic ring is 2. The van der Waals surface area contributed by atoms with Gasteiger partial charge in [-0.05, 0) is 6.07 Å². The van der Waals surface area contributed by atoms with Gasteiger partial charge in [0.2, 0.25) is 0 Å². The second-order valence-corrected chi connectivity index (χ2v) is 2.75. The first kappa shape index (κ1) is 7.82. The first-order valence-electron chi connectivity index (χ1n) is 3.93. The summed E-state index contributed by atoms with van der Waals surface area (Å²) in [6.45, 7) is 0. The highest BCUT2D eigenvalue weighted by atomic mass is 15.2. The smallest absolute Gasteiger partial charge is 0.0827 e. The number of benzene rings is 1. The molecule has 4 nitrogen and oxygen atoms in total. The molecule has 0 atom stereocenters. The third-order valence-corrected chi connectivity index (χ3v) is 1.95. The highest BCUT2D eigenvalue weighted by molar-refractivity contribution is 5.96. The van der Waals surface area contributed by atoms with Crippen LogP contribution in [0.4, 0.5) is 11.4 Å². The van der Waals surface area contributed by atoms with Gasteiger partial charge < -0.3 is 11.2 Å². The fourth-order valence-corrected chi connectivity index (χ4v) is 1.32. The van der Waals surface area contributed by atoms with E-state index in [0.29, 0.717) is 5.69 Å². The Bertz CT molecular complexity index is 439. The number of hydrogen-bond donors (Lipinski definition) is 3. The number of rotatable bonds is 1. The lowest BCUT2D eigenvalue weighted by Gasteiger charge is -2.07. The summed E-state index contributed by atoms with van der Waals surface area (Å²) in [6, 6.07) is 7.68. The molecule has 2 aromatic rings. The number of anilines is 2. The topological polar surface area (TPSA) is 77.0 Å². The quantitative estimate of drug-likeness (QED) is 0.447. The molecule has 1 aromatic heterocycles. The largest absolute Gasteiger partial charge is 0.396 e. The van der Waals surface area contributed by atoms with Crippen molar-refractivity contribution in [3.8, 4) is 0 Å². The molecule has 13 heavy (non-hydrogen) atoms. The Morgan fingerprint density at radius 1 is 1.23 bits per heavy atom. The zero-order chi connectivity index (χ0) is 9.26. The van der Waals surface area contributed by atoms with Gasteiger partial charge in [0, 0.05) is 5.39 Å². The van der Waals surface area contributed by atoms with Gasteiger partial charge in [0.05, 0.1) is 23.1 Å². The van der Waals surface area contributed by atoms with Crippen LogP contribution in [0.25, 0.3) is 10.9 Å². The molecule has 2 rings (SSSR count). The predicted molar refractivity (Wildman–Crippen MR) is 54.0 cm³/mol. The molecule has 0 fully saturated rings. The summed E-state index contributed by atoms with van der Waals surface area (Å²) < 4.78 is 0. The molecule has 1 aromatic carbocycles. The Balaban J connectivity index is 2.84. The van der Waals surface area contributed by atoms with E-state index in [0.717, 1.165) is 16.6 Å². The van der Waals surface area contributed by atoms with Crippen LogP contribution in [0.15, 0.2) is 30.5 Å². The standard InChI is InChI=1S/C9H10N4/c10-7-5-12-8-4-2-1-3-6(8)9(7)13-11/h1-5H,10-11H2,(H,12,13). The van der Waals surface area contributed by atoms with Crippen molar-refractivity contribution < 1.29 is 0 Å². The van der Waals surface area contributed by atoms with Crippen LogP contribution in [0.1, 0.15) is 0 Å². The molecule has 0 aliphatic heterocycles. The summed E-state index contributed by atoms with van der Waals surface area (Å²) in [4.78, 5) is 4.17. The van der Waals surface area contributed by atoms with Crippen LogP contribution < -0.4 is 17.0 Å². The number of hydrogen-bond acceptors (Lipinski definition) is 4.